The Bertz CT molecular complexity index is 731. The van der Waals surface area contributed by atoms with Crippen molar-refractivity contribution < 1.29 is 13.9 Å². The largest absolute Gasteiger partial charge is 0.372 e. The fourth-order valence-electron chi connectivity index (χ4n) is 2.94. The highest BCUT2D eigenvalue weighted by atomic mass is 35.5. The minimum atomic E-state index is -0.466. The molecule has 4 nitrogen and oxygen atoms in total. The van der Waals surface area contributed by atoms with E-state index in [2.05, 4.69) is 10.6 Å². The molecule has 0 saturated carbocycles. The van der Waals surface area contributed by atoms with Crippen molar-refractivity contribution in [3.63, 3.8) is 0 Å². The average molecular weight is 399 g/mol. The van der Waals surface area contributed by atoms with Crippen molar-refractivity contribution in [2.75, 3.05) is 26.2 Å². The molecule has 1 aliphatic heterocycles. The Hall–Kier alpha value is -1.66. The van der Waals surface area contributed by atoms with E-state index in [0.29, 0.717) is 25.3 Å². The van der Waals surface area contributed by atoms with Gasteiger partial charge in [0.2, 0.25) is 0 Å². The summed E-state index contributed by atoms with van der Waals surface area (Å²) in [5.74, 6) is -0.617. The van der Waals surface area contributed by atoms with Gasteiger partial charge in [-0.3, -0.25) is 4.79 Å². The number of hydrogen-bond acceptors (Lipinski definition) is 3. The van der Waals surface area contributed by atoms with E-state index >= 15 is 0 Å². The lowest BCUT2D eigenvalue weighted by Crippen LogP contribution is -2.36. The Morgan fingerprint density at radius 2 is 2.04 bits per heavy atom. The van der Waals surface area contributed by atoms with Crippen LogP contribution in [0.25, 0.3) is 0 Å². The van der Waals surface area contributed by atoms with E-state index < -0.39 is 5.82 Å². The number of nitrogens with one attached hydrogen (secondary N) is 2. The maximum Gasteiger partial charge on any atom is 0.251 e. The van der Waals surface area contributed by atoms with Gasteiger partial charge in [0.05, 0.1) is 17.7 Å². The second kappa shape index (κ2) is 9.88. The number of benzene rings is 2. The number of carbonyl (C=O) groups excluding carboxylic acids is 1. The van der Waals surface area contributed by atoms with Gasteiger partial charge < -0.3 is 15.4 Å². The summed E-state index contributed by atoms with van der Waals surface area (Å²) in [5, 5.41) is 6.32. The molecule has 3 rings (SSSR count). The maximum atomic E-state index is 13.8. The summed E-state index contributed by atoms with van der Waals surface area (Å²) in [6, 6.07) is 13.8. The third-order valence-electron chi connectivity index (χ3n) is 4.24. The van der Waals surface area contributed by atoms with E-state index in [0.717, 1.165) is 12.1 Å². The van der Waals surface area contributed by atoms with Crippen molar-refractivity contribution in [2.24, 2.45) is 5.92 Å². The molecule has 2 aromatic rings. The van der Waals surface area contributed by atoms with Gasteiger partial charge in [0, 0.05) is 31.1 Å². The molecule has 1 aliphatic rings. The molecule has 0 unspecified atom stereocenters. The minimum Gasteiger partial charge on any atom is -0.372 e. The fraction of sp³-hybridized carbons (Fsp3) is 0.316. The molecule has 2 aromatic carbocycles. The van der Waals surface area contributed by atoms with Gasteiger partial charge in [-0.1, -0.05) is 35.9 Å². The maximum absolute atomic E-state index is 13.8. The van der Waals surface area contributed by atoms with E-state index in [1.807, 2.05) is 18.2 Å². The highest BCUT2D eigenvalue weighted by Crippen LogP contribution is 2.29. The summed E-state index contributed by atoms with van der Waals surface area (Å²) in [6.07, 6.45) is -0.308. The van der Waals surface area contributed by atoms with Crippen LogP contribution in [0.1, 0.15) is 22.0 Å². The molecule has 2 atom stereocenters. The molecule has 0 aliphatic carbocycles. The Kier molecular flexibility index (Phi) is 7.85. The van der Waals surface area contributed by atoms with E-state index in [9.17, 15) is 9.18 Å². The zero-order chi connectivity index (χ0) is 17.6. The first-order valence-electron chi connectivity index (χ1n) is 8.25. The van der Waals surface area contributed by atoms with Crippen molar-refractivity contribution in [1.82, 2.24) is 10.6 Å². The summed E-state index contributed by atoms with van der Waals surface area (Å²) < 4.78 is 19.7. The molecule has 0 aromatic heterocycles. The van der Waals surface area contributed by atoms with Crippen LogP contribution in [-0.2, 0) is 4.74 Å². The van der Waals surface area contributed by atoms with E-state index in [-0.39, 0.29) is 35.4 Å². The van der Waals surface area contributed by atoms with Gasteiger partial charge in [-0.15, -0.1) is 12.4 Å². The van der Waals surface area contributed by atoms with Crippen LogP contribution < -0.4 is 10.6 Å². The van der Waals surface area contributed by atoms with Gasteiger partial charge >= 0.3 is 0 Å². The lowest BCUT2D eigenvalue weighted by molar-refractivity contribution is 0.0304. The van der Waals surface area contributed by atoms with Crippen molar-refractivity contribution in [2.45, 2.75) is 6.10 Å². The van der Waals surface area contributed by atoms with Crippen LogP contribution in [0.3, 0.4) is 0 Å². The van der Waals surface area contributed by atoms with Gasteiger partial charge in [0.15, 0.2) is 0 Å². The highest BCUT2D eigenvalue weighted by Gasteiger charge is 2.27. The summed E-state index contributed by atoms with van der Waals surface area (Å²) in [5.41, 5.74) is 1.34. The summed E-state index contributed by atoms with van der Waals surface area (Å²) in [6.45, 7) is 2.34. The van der Waals surface area contributed by atoms with Crippen molar-refractivity contribution in [3.8, 4) is 0 Å². The van der Waals surface area contributed by atoms with Crippen LogP contribution in [0.4, 0.5) is 4.39 Å². The first-order valence-corrected chi connectivity index (χ1v) is 8.63. The number of halogens is 3. The first kappa shape index (κ1) is 20.6. The molecule has 140 valence electrons. The number of ether oxygens (including phenoxy) is 1. The van der Waals surface area contributed by atoms with Crippen LogP contribution >= 0.6 is 24.0 Å². The van der Waals surface area contributed by atoms with E-state index in [1.165, 1.54) is 12.1 Å². The second-order valence-electron chi connectivity index (χ2n) is 6.01. The average Bonchev–Trinajstić information content (AvgIpc) is 2.88. The van der Waals surface area contributed by atoms with Crippen molar-refractivity contribution in [3.05, 3.63) is 70.5 Å². The Labute approximate surface area is 163 Å². The molecule has 2 N–H and O–H groups in total. The molecule has 1 heterocycles. The first-order chi connectivity index (χ1) is 12.1. The van der Waals surface area contributed by atoms with Gasteiger partial charge in [-0.2, -0.15) is 0 Å². The standard InChI is InChI=1S/C19H20ClFN2O2.ClH/c20-16-7-6-14(10-17(16)21)18-15(11-22-8-9-25-18)12-23-19(24)13-4-2-1-3-5-13;/h1-7,10,15,18,22H,8-9,11-12H2,(H,23,24);1H/t15-,18-;/m0./s1. The molecule has 1 fully saturated rings. The lowest BCUT2D eigenvalue weighted by Gasteiger charge is -2.25. The highest BCUT2D eigenvalue weighted by molar-refractivity contribution is 6.30. The number of carbonyl (C=O) groups is 1. The van der Waals surface area contributed by atoms with Crippen LogP contribution in [0.5, 0.6) is 0 Å². The number of amides is 1. The summed E-state index contributed by atoms with van der Waals surface area (Å²) >= 11 is 5.77. The van der Waals surface area contributed by atoms with Gasteiger partial charge in [0.25, 0.3) is 5.91 Å². The molecular formula is C19H21Cl2FN2O2. The van der Waals surface area contributed by atoms with E-state index in [1.54, 1.807) is 18.2 Å². The van der Waals surface area contributed by atoms with Gasteiger partial charge in [0.1, 0.15) is 5.82 Å². The molecule has 1 saturated heterocycles. The molecule has 1 amide bonds. The van der Waals surface area contributed by atoms with Gasteiger partial charge in [-0.05, 0) is 29.8 Å². The Morgan fingerprint density at radius 1 is 1.27 bits per heavy atom. The molecule has 0 radical (unpaired) electrons. The second-order valence-corrected chi connectivity index (χ2v) is 6.41. The molecular weight excluding hydrogens is 378 g/mol. The Balaban J connectivity index is 0.00000243. The van der Waals surface area contributed by atoms with Crippen LogP contribution in [0.2, 0.25) is 5.02 Å². The normalized spacial score (nSPS) is 19.9. The molecule has 0 spiro atoms. The van der Waals surface area contributed by atoms with Crippen LogP contribution in [0, 0.1) is 11.7 Å². The monoisotopic (exact) mass is 398 g/mol. The van der Waals surface area contributed by atoms with Crippen LogP contribution in [0.15, 0.2) is 48.5 Å². The smallest absolute Gasteiger partial charge is 0.251 e. The third-order valence-corrected chi connectivity index (χ3v) is 4.55. The number of rotatable bonds is 4. The van der Waals surface area contributed by atoms with Gasteiger partial charge in [-0.25, -0.2) is 4.39 Å². The van der Waals surface area contributed by atoms with Crippen molar-refractivity contribution in [1.29, 1.82) is 0 Å². The number of hydrogen-bond donors (Lipinski definition) is 2. The quantitative estimate of drug-likeness (QED) is 0.826. The molecule has 26 heavy (non-hydrogen) atoms. The molecule has 0 bridgehead atoms. The predicted octanol–water partition coefficient (Wildman–Crippen LogP) is 3.61. The lowest BCUT2D eigenvalue weighted by atomic mass is 9.95. The zero-order valence-electron chi connectivity index (χ0n) is 14.1. The third kappa shape index (κ3) is 5.17. The van der Waals surface area contributed by atoms with E-state index in [4.69, 9.17) is 16.3 Å². The zero-order valence-corrected chi connectivity index (χ0v) is 15.7. The topological polar surface area (TPSA) is 50.4 Å². The summed E-state index contributed by atoms with van der Waals surface area (Å²) in [4.78, 5) is 12.3. The molecule has 7 heteroatoms. The Morgan fingerprint density at radius 3 is 2.77 bits per heavy atom. The SMILES string of the molecule is Cl.O=C(NC[C@@H]1CNCCO[C@H]1c1ccc(Cl)c(F)c1)c1ccccc1. The minimum absolute atomic E-state index is 0. The summed E-state index contributed by atoms with van der Waals surface area (Å²) in [7, 11) is 0. The van der Waals surface area contributed by atoms with Crippen molar-refractivity contribution >= 4 is 29.9 Å². The fourth-order valence-corrected chi connectivity index (χ4v) is 3.06. The predicted molar refractivity (Wildman–Crippen MR) is 102 cm³/mol. The van der Waals surface area contributed by atoms with Crippen LogP contribution in [-0.4, -0.2) is 32.1 Å².